The van der Waals surface area contributed by atoms with E-state index in [2.05, 4.69) is 22.1 Å². The maximum absolute atomic E-state index is 12.3. The highest BCUT2D eigenvalue weighted by molar-refractivity contribution is 5.97. The van der Waals surface area contributed by atoms with E-state index in [1.54, 1.807) is 26.4 Å². The van der Waals surface area contributed by atoms with Crippen LogP contribution < -0.4 is 4.74 Å². The number of esters is 1. The molecule has 2 fully saturated rings. The second-order valence-corrected chi connectivity index (χ2v) is 9.78. The number of benzene rings is 1. The molecular weight excluding hydrogens is 432 g/mol. The molecule has 2 heterocycles. The third-order valence-corrected chi connectivity index (χ3v) is 7.28. The molecule has 0 bridgehead atoms. The van der Waals surface area contributed by atoms with Crippen molar-refractivity contribution < 1.29 is 19.0 Å². The normalized spacial score (nSPS) is 21.8. The van der Waals surface area contributed by atoms with E-state index in [1.165, 1.54) is 20.0 Å². The molecule has 0 spiro atoms. The van der Waals surface area contributed by atoms with Gasteiger partial charge in [0.05, 0.1) is 36.6 Å². The molecule has 0 saturated heterocycles. The van der Waals surface area contributed by atoms with Crippen LogP contribution in [-0.4, -0.2) is 47.0 Å². The SMILES string of the molecule is COC(=O)c1cc(OC)c2c(c1)nc(-c1ccc(C#N)n1CC1CC1)n2C[C@H]1C[C@@](C)(OC)C1. The van der Waals surface area contributed by atoms with Crippen molar-refractivity contribution in [2.75, 3.05) is 21.3 Å². The summed E-state index contributed by atoms with van der Waals surface area (Å²) in [4.78, 5) is 17.3. The lowest BCUT2D eigenvalue weighted by Crippen LogP contribution is -2.44. The van der Waals surface area contributed by atoms with Crippen LogP contribution in [0.25, 0.3) is 22.6 Å². The van der Waals surface area contributed by atoms with Gasteiger partial charge in [-0.05, 0) is 68.7 Å². The van der Waals surface area contributed by atoms with E-state index in [1.807, 2.05) is 12.1 Å². The van der Waals surface area contributed by atoms with Gasteiger partial charge in [0.1, 0.15) is 23.0 Å². The first-order valence-corrected chi connectivity index (χ1v) is 11.7. The van der Waals surface area contributed by atoms with Crippen LogP contribution in [-0.2, 0) is 22.6 Å². The Balaban J connectivity index is 1.67. The highest BCUT2D eigenvalue weighted by Crippen LogP contribution is 2.43. The Hall–Kier alpha value is -3.31. The molecule has 34 heavy (non-hydrogen) atoms. The topological polar surface area (TPSA) is 91.3 Å². The lowest BCUT2D eigenvalue weighted by atomic mass is 9.72. The fourth-order valence-corrected chi connectivity index (χ4v) is 5.23. The molecule has 3 aromatic rings. The Bertz CT molecular complexity index is 1290. The molecule has 0 N–H and O–H groups in total. The molecule has 178 valence electrons. The molecule has 2 aromatic heterocycles. The number of imidazole rings is 1. The number of aromatic nitrogens is 3. The summed E-state index contributed by atoms with van der Waals surface area (Å²) in [7, 11) is 4.72. The lowest BCUT2D eigenvalue weighted by Gasteiger charge is -2.44. The third-order valence-electron chi connectivity index (χ3n) is 7.28. The molecule has 2 aliphatic rings. The molecule has 8 heteroatoms. The molecule has 5 rings (SSSR count). The van der Waals surface area contributed by atoms with Crippen molar-refractivity contribution in [2.24, 2.45) is 11.8 Å². The molecule has 0 radical (unpaired) electrons. The zero-order chi connectivity index (χ0) is 24.0. The quantitative estimate of drug-likeness (QED) is 0.461. The number of nitrogens with zero attached hydrogens (tertiary/aromatic N) is 4. The van der Waals surface area contributed by atoms with Crippen LogP contribution in [0.15, 0.2) is 24.3 Å². The summed E-state index contributed by atoms with van der Waals surface area (Å²) in [6.07, 6.45) is 4.29. The van der Waals surface area contributed by atoms with Gasteiger partial charge in [-0.15, -0.1) is 0 Å². The van der Waals surface area contributed by atoms with Crippen molar-refractivity contribution in [1.82, 2.24) is 14.1 Å². The fourth-order valence-electron chi connectivity index (χ4n) is 5.23. The van der Waals surface area contributed by atoms with Crippen molar-refractivity contribution in [1.29, 1.82) is 5.26 Å². The summed E-state index contributed by atoms with van der Waals surface area (Å²) < 4.78 is 20.6. The number of ether oxygens (including phenoxy) is 3. The number of fused-ring (bicyclic) bond motifs is 1. The number of methoxy groups -OCH3 is 3. The van der Waals surface area contributed by atoms with E-state index >= 15 is 0 Å². The van der Waals surface area contributed by atoms with E-state index in [4.69, 9.17) is 19.2 Å². The fraction of sp³-hybridized carbons (Fsp3) is 0.500. The molecule has 0 amide bonds. The number of carbonyl (C=O) groups excluding carboxylic acids is 1. The van der Waals surface area contributed by atoms with Crippen molar-refractivity contribution in [3.8, 4) is 23.3 Å². The summed E-state index contributed by atoms with van der Waals surface area (Å²) in [6.45, 7) is 3.69. The maximum Gasteiger partial charge on any atom is 0.338 e. The minimum Gasteiger partial charge on any atom is -0.494 e. The summed E-state index contributed by atoms with van der Waals surface area (Å²) in [6, 6.07) is 9.64. The minimum absolute atomic E-state index is 0.0937. The predicted octanol–water partition coefficient (Wildman–Crippen LogP) is 4.40. The Kier molecular flexibility index (Phi) is 5.61. The van der Waals surface area contributed by atoms with Gasteiger partial charge in [0.25, 0.3) is 0 Å². The summed E-state index contributed by atoms with van der Waals surface area (Å²) >= 11 is 0. The van der Waals surface area contributed by atoms with Gasteiger partial charge in [0.2, 0.25) is 0 Å². The monoisotopic (exact) mass is 462 g/mol. The van der Waals surface area contributed by atoms with Crippen LogP contribution in [0.3, 0.4) is 0 Å². The first-order valence-electron chi connectivity index (χ1n) is 11.7. The zero-order valence-corrected chi connectivity index (χ0v) is 20.1. The van der Waals surface area contributed by atoms with Crippen LogP contribution in [0.5, 0.6) is 5.75 Å². The van der Waals surface area contributed by atoms with E-state index in [0.717, 1.165) is 43.0 Å². The third kappa shape index (κ3) is 3.84. The van der Waals surface area contributed by atoms with Gasteiger partial charge < -0.3 is 23.3 Å². The summed E-state index contributed by atoms with van der Waals surface area (Å²) in [5.74, 6) is 1.95. The van der Waals surface area contributed by atoms with Gasteiger partial charge in [-0.2, -0.15) is 5.26 Å². The standard InChI is InChI=1S/C26H30N4O4/c1-26(34-4)11-17(12-26)15-30-23-20(9-18(25(31)33-3)10-22(23)32-2)28-24(30)21-8-7-19(13-27)29(21)14-16-5-6-16/h7-10,16-17H,5-6,11-12,14-15H2,1-4H3/t17-,26+. The highest BCUT2D eigenvalue weighted by atomic mass is 16.5. The molecule has 0 unspecified atom stereocenters. The van der Waals surface area contributed by atoms with E-state index in [9.17, 15) is 10.1 Å². The molecule has 8 nitrogen and oxygen atoms in total. The zero-order valence-electron chi connectivity index (χ0n) is 20.1. The van der Waals surface area contributed by atoms with Gasteiger partial charge in [-0.25, -0.2) is 9.78 Å². The van der Waals surface area contributed by atoms with E-state index < -0.39 is 5.97 Å². The van der Waals surface area contributed by atoms with Crippen molar-refractivity contribution >= 4 is 17.0 Å². The maximum atomic E-state index is 12.3. The molecular formula is C26H30N4O4. The first kappa shape index (κ1) is 22.5. The predicted molar refractivity (Wildman–Crippen MR) is 127 cm³/mol. The van der Waals surface area contributed by atoms with Gasteiger partial charge >= 0.3 is 5.97 Å². The van der Waals surface area contributed by atoms with Gasteiger partial charge in [-0.3, -0.25) is 0 Å². The highest BCUT2D eigenvalue weighted by Gasteiger charge is 2.41. The minimum atomic E-state index is -0.435. The molecule has 2 saturated carbocycles. The second-order valence-electron chi connectivity index (χ2n) is 9.78. The second kappa shape index (κ2) is 8.48. The smallest absolute Gasteiger partial charge is 0.338 e. The van der Waals surface area contributed by atoms with Crippen LogP contribution >= 0.6 is 0 Å². The average molecular weight is 463 g/mol. The van der Waals surface area contributed by atoms with Crippen LogP contribution in [0, 0.1) is 23.2 Å². The van der Waals surface area contributed by atoms with Crippen LogP contribution in [0.4, 0.5) is 0 Å². The Morgan fingerprint density at radius 3 is 2.50 bits per heavy atom. The first-order chi connectivity index (χ1) is 16.4. The van der Waals surface area contributed by atoms with Crippen LogP contribution in [0.1, 0.15) is 48.7 Å². The summed E-state index contributed by atoms with van der Waals surface area (Å²) in [5.41, 5.74) is 3.36. The van der Waals surface area contributed by atoms with E-state index in [-0.39, 0.29) is 5.60 Å². The largest absolute Gasteiger partial charge is 0.494 e. The number of hydrogen-bond acceptors (Lipinski definition) is 6. The Morgan fingerprint density at radius 2 is 1.88 bits per heavy atom. The van der Waals surface area contributed by atoms with E-state index in [0.29, 0.717) is 34.4 Å². The number of hydrogen-bond donors (Lipinski definition) is 0. The summed E-state index contributed by atoms with van der Waals surface area (Å²) in [5, 5.41) is 9.72. The Morgan fingerprint density at radius 1 is 1.15 bits per heavy atom. The number of carbonyl (C=O) groups is 1. The molecule has 1 aromatic carbocycles. The van der Waals surface area contributed by atoms with Crippen LogP contribution in [0.2, 0.25) is 0 Å². The number of nitriles is 1. The van der Waals surface area contributed by atoms with Gasteiger partial charge in [0, 0.05) is 20.2 Å². The van der Waals surface area contributed by atoms with Crippen molar-refractivity contribution in [3.05, 3.63) is 35.5 Å². The van der Waals surface area contributed by atoms with Crippen molar-refractivity contribution in [3.63, 3.8) is 0 Å². The average Bonchev–Trinajstić information content (AvgIpc) is 3.45. The lowest BCUT2D eigenvalue weighted by molar-refractivity contribution is -0.0937. The molecule has 0 aliphatic heterocycles. The number of rotatable bonds is 8. The van der Waals surface area contributed by atoms with Crippen molar-refractivity contribution in [2.45, 2.75) is 51.3 Å². The Labute approximate surface area is 199 Å². The molecule has 0 atom stereocenters. The molecule has 2 aliphatic carbocycles. The van der Waals surface area contributed by atoms with Gasteiger partial charge in [0.15, 0.2) is 5.82 Å². The van der Waals surface area contributed by atoms with Gasteiger partial charge in [-0.1, -0.05) is 0 Å².